The van der Waals surface area contributed by atoms with Crippen LogP contribution in [0.5, 0.6) is 5.75 Å². The number of nitrogens with one attached hydrogen (secondary N) is 2. The third-order valence-corrected chi connectivity index (χ3v) is 5.75. The first-order valence-electron chi connectivity index (χ1n) is 8.21. The van der Waals surface area contributed by atoms with Gasteiger partial charge in [-0.05, 0) is 31.2 Å². The summed E-state index contributed by atoms with van der Waals surface area (Å²) in [5, 5.41) is 14.8. The first-order chi connectivity index (χ1) is 12.6. The molecule has 134 valence electrons. The van der Waals surface area contributed by atoms with Crippen LogP contribution in [0.3, 0.4) is 0 Å². The number of carbonyl (C=O) groups excluding carboxylic acids is 1. The molecule has 3 heterocycles. The fourth-order valence-corrected chi connectivity index (χ4v) is 4.47. The van der Waals surface area contributed by atoms with Gasteiger partial charge in [0, 0.05) is 23.7 Å². The van der Waals surface area contributed by atoms with Gasteiger partial charge in [-0.3, -0.25) is 14.6 Å². The van der Waals surface area contributed by atoms with E-state index in [0.717, 1.165) is 39.6 Å². The number of aryl methyl sites for hydroxylation is 2. The van der Waals surface area contributed by atoms with Crippen molar-refractivity contribution < 1.29 is 9.53 Å². The van der Waals surface area contributed by atoms with Crippen molar-refractivity contribution in [1.82, 2.24) is 20.0 Å². The van der Waals surface area contributed by atoms with E-state index in [-0.39, 0.29) is 11.2 Å². The molecule has 3 aromatic rings. The van der Waals surface area contributed by atoms with E-state index in [1.54, 1.807) is 23.6 Å². The Hall–Kier alpha value is -2.74. The summed E-state index contributed by atoms with van der Waals surface area (Å²) < 4.78 is 6.97. The number of aromatic nitrogens is 4. The summed E-state index contributed by atoms with van der Waals surface area (Å²) in [4.78, 5) is 12.1. The number of methoxy groups -OCH3 is 1. The van der Waals surface area contributed by atoms with Crippen LogP contribution in [0.1, 0.15) is 22.1 Å². The second-order valence-electron chi connectivity index (χ2n) is 6.14. The van der Waals surface area contributed by atoms with Gasteiger partial charge in [-0.25, -0.2) is 0 Å². The third kappa shape index (κ3) is 2.76. The number of carbonyl (C=O) groups is 1. The van der Waals surface area contributed by atoms with Crippen LogP contribution < -0.4 is 10.1 Å². The van der Waals surface area contributed by atoms with Crippen LogP contribution in [0.2, 0.25) is 0 Å². The number of rotatable bonds is 3. The van der Waals surface area contributed by atoms with Gasteiger partial charge in [-0.1, -0.05) is 0 Å². The van der Waals surface area contributed by atoms with E-state index in [1.165, 1.54) is 0 Å². The molecule has 8 heteroatoms. The van der Waals surface area contributed by atoms with Crippen LogP contribution in [-0.2, 0) is 11.8 Å². The van der Waals surface area contributed by atoms with E-state index in [2.05, 4.69) is 20.6 Å². The Morgan fingerprint density at radius 2 is 2.08 bits per heavy atom. The molecule has 1 amide bonds. The summed E-state index contributed by atoms with van der Waals surface area (Å²) >= 11 is 1.59. The summed E-state index contributed by atoms with van der Waals surface area (Å²) in [6.07, 6.45) is 1.84. The topological polar surface area (TPSA) is 84.8 Å². The van der Waals surface area contributed by atoms with Crippen molar-refractivity contribution in [2.24, 2.45) is 7.05 Å². The Bertz CT molecular complexity index is 961. The molecule has 26 heavy (non-hydrogen) atoms. The Balaban J connectivity index is 1.81. The molecule has 0 saturated heterocycles. The molecule has 7 nitrogen and oxygen atoms in total. The number of benzene rings is 1. The van der Waals surface area contributed by atoms with E-state index in [0.29, 0.717) is 5.75 Å². The van der Waals surface area contributed by atoms with Crippen molar-refractivity contribution in [3.63, 3.8) is 0 Å². The highest BCUT2D eigenvalue weighted by molar-refractivity contribution is 8.00. The minimum absolute atomic E-state index is 0.0174. The van der Waals surface area contributed by atoms with Gasteiger partial charge in [-0.15, -0.1) is 11.8 Å². The molecule has 2 N–H and O–H groups in total. The lowest BCUT2D eigenvalue weighted by Crippen LogP contribution is -2.15. The molecule has 1 aromatic carbocycles. The number of hydrogen-bond acceptors (Lipinski definition) is 5. The molecular weight excluding hydrogens is 350 g/mol. The van der Waals surface area contributed by atoms with Gasteiger partial charge in [0.15, 0.2) is 0 Å². The fraction of sp³-hybridized carbons (Fsp3) is 0.278. The zero-order valence-electron chi connectivity index (χ0n) is 14.7. The molecule has 0 saturated carbocycles. The first-order valence-corrected chi connectivity index (χ1v) is 9.26. The molecule has 1 aliphatic heterocycles. The van der Waals surface area contributed by atoms with E-state index < -0.39 is 0 Å². The Kier molecular flexibility index (Phi) is 4.20. The Morgan fingerprint density at radius 3 is 2.81 bits per heavy atom. The maximum Gasteiger partial charge on any atom is 0.235 e. The molecule has 0 fully saturated rings. The molecule has 0 radical (unpaired) electrons. The lowest BCUT2D eigenvalue weighted by molar-refractivity contribution is -0.113. The number of anilines is 1. The Labute approximate surface area is 155 Å². The number of nitrogens with zero attached hydrogens (tertiary/aromatic N) is 3. The molecule has 0 bridgehead atoms. The maximum absolute atomic E-state index is 12.1. The van der Waals surface area contributed by atoms with E-state index >= 15 is 0 Å². The quantitative estimate of drug-likeness (QED) is 0.741. The zero-order valence-corrected chi connectivity index (χ0v) is 15.6. The monoisotopic (exact) mass is 369 g/mol. The summed E-state index contributed by atoms with van der Waals surface area (Å²) in [5.74, 6) is 1.92. The predicted octanol–water partition coefficient (Wildman–Crippen LogP) is 2.90. The highest BCUT2D eigenvalue weighted by Gasteiger charge is 2.31. The number of fused-ring (bicyclic) bond motifs is 1. The van der Waals surface area contributed by atoms with Crippen LogP contribution in [-0.4, -0.2) is 38.7 Å². The number of hydrogen-bond donors (Lipinski definition) is 2. The van der Waals surface area contributed by atoms with Gasteiger partial charge in [0.1, 0.15) is 11.6 Å². The molecule has 0 spiro atoms. The van der Waals surface area contributed by atoms with Crippen LogP contribution in [0.15, 0.2) is 30.5 Å². The highest BCUT2D eigenvalue weighted by atomic mass is 32.2. The second-order valence-corrected chi connectivity index (χ2v) is 7.23. The van der Waals surface area contributed by atoms with Crippen molar-refractivity contribution in [3.8, 4) is 17.0 Å². The Morgan fingerprint density at radius 1 is 1.31 bits per heavy atom. The molecule has 1 unspecified atom stereocenters. The summed E-state index contributed by atoms with van der Waals surface area (Å²) in [6.45, 7) is 1.97. The van der Waals surface area contributed by atoms with E-state index in [4.69, 9.17) is 4.74 Å². The van der Waals surface area contributed by atoms with Gasteiger partial charge >= 0.3 is 0 Å². The predicted molar refractivity (Wildman–Crippen MR) is 101 cm³/mol. The van der Waals surface area contributed by atoms with Crippen molar-refractivity contribution in [1.29, 1.82) is 0 Å². The van der Waals surface area contributed by atoms with Crippen LogP contribution in [0, 0.1) is 6.92 Å². The number of amides is 1. The maximum atomic E-state index is 12.1. The largest absolute Gasteiger partial charge is 0.497 e. The van der Waals surface area contributed by atoms with Gasteiger partial charge in [0.05, 0.1) is 35.7 Å². The smallest absolute Gasteiger partial charge is 0.235 e. The molecule has 1 atom stereocenters. The van der Waals surface area contributed by atoms with Crippen molar-refractivity contribution in [2.45, 2.75) is 12.2 Å². The third-order valence-electron chi connectivity index (χ3n) is 4.50. The molecule has 4 rings (SSSR count). The van der Waals surface area contributed by atoms with Crippen molar-refractivity contribution in [3.05, 3.63) is 47.3 Å². The number of ether oxygens (including phenoxy) is 1. The molecule has 2 aromatic heterocycles. The van der Waals surface area contributed by atoms with Gasteiger partial charge in [-0.2, -0.15) is 10.2 Å². The summed E-state index contributed by atoms with van der Waals surface area (Å²) in [5.41, 5.74) is 4.93. The number of thioether (sulfide) groups is 1. The van der Waals surface area contributed by atoms with Gasteiger partial charge in [0.2, 0.25) is 5.91 Å². The minimum atomic E-state index is -0.0338. The molecule has 1 aliphatic rings. The van der Waals surface area contributed by atoms with Crippen LogP contribution in [0.25, 0.3) is 11.3 Å². The van der Waals surface area contributed by atoms with Crippen molar-refractivity contribution in [2.75, 3.05) is 18.2 Å². The van der Waals surface area contributed by atoms with Crippen LogP contribution in [0.4, 0.5) is 5.82 Å². The number of aromatic amines is 1. The summed E-state index contributed by atoms with van der Waals surface area (Å²) in [6, 6.07) is 7.84. The molecular formula is C18H19N5O2S. The molecule has 0 aliphatic carbocycles. The summed E-state index contributed by atoms with van der Waals surface area (Å²) in [7, 11) is 3.49. The normalized spacial score (nSPS) is 16.7. The highest BCUT2D eigenvalue weighted by Crippen LogP contribution is 2.45. The standard InChI is InChI=1S/C18H19N5O2S/c1-10-15-17(26-9-14(24)20-18(15)23(2)22-10)13-8-19-21-16(13)11-4-6-12(25-3)7-5-11/h4-8,17H,9H2,1-3H3,(H,19,21)(H,20,24). The van der Waals surface area contributed by atoms with Crippen LogP contribution >= 0.6 is 11.8 Å². The lowest BCUT2D eigenvalue weighted by atomic mass is 10.0. The minimum Gasteiger partial charge on any atom is -0.497 e. The van der Waals surface area contributed by atoms with Crippen molar-refractivity contribution >= 4 is 23.5 Å². The van der Waals surface area contributed by atoms with Gasteiger partial charge in [0.25, 0.3) is 0 Å². The zero-order chi connectivity index (χ0) is 18.3. The average molecular weight is 369 g/mol. The van der Waals surface area contributed by atoms with E-state index in [1.807, 2.05) is 44.4 Å². The second kappa shape index (κ2) is 6.53. The lowest BCUT2D eigenvalue weighted by Gasteiger charge is -2.15. The first kappa shape index (κ1) is 16.7. The van der Waals surface area contributed by atoms with Gasteiger partial charge < -0.3 is 10.1 Å². The fourth-order valence-electron chi connectivity index (χ4n) is 3.28. The van der Waals surface area contributed by atoms with E-state index in [9.17, 15) is 4.79 Å². The average Bonchev–Trinajstić information content (AvgIpc) is 3.17. The SMILES string of the molecule is COc1ccc(-c2[nH]ncc2C2SCC(=O)Nc3c2c(C)nn3C)cc1. The number of H-pyrrole nitrogens is 1.